The number of rotatable bonds is 5. The maximum Gasteiger partial charge on any atom is 0.135 e. The lowest BCUT2D eigenvalue weighted by Gasteiger charge is -2.09. The summed E-state index contributed by atoms with van der Waals surface area (Å²) < 4.78 is 39.4. The van der Waals surface area contributed by atoms with Crippen LogP contribution in [0.1, 0.15) is 5.56 Å². The fraction of sp³-hybridized carbons (Fsp3) is 0.118. The predicted octanol–water partition coefficient (Wildman–Crippen LogP) is 3.70. The molecule has 0 aliphatic heterocycles. The lowest BCUT2D eigenvalue weighted by Crippen LogP contribution is -2.02. The minimum absolute atomic E-state index is 0.129. The monoisotopic (exact) mass is 347 g/mol. The minimum Gasteiger partial charge on any atom is -0.381 e. The quantitative estimate of drug-likeness (QED) is 0.740. The summed E-state index contributed by atoms with van der Waals surface area (Å²) in [4.78, 5) is 0.701. The molecule has 24 heavy (non-hydrogen) atoms. The molecule has 0 bridgehead atoms. The lowest BCUT2D eigenvalue weighted by atomic mass is 10.1. The average molecular weight is 347 g/mol. The van der Waals surface area contributed by atoms with Crippen LogP contribution in [-0.2, 0) is 17.3 Å². The smallest absolute Gasteiger partial charge is 0.135 e. The highest BCUT2D eigenvalue weighted by molar-refractivity contribution is 7.84. The molecule has 0 saturated heterocycles. The summed E-state index contributed by atoms with van der Waals surface area (Å²) >= 11 is 0. The average Bonchev–Trinajstić information content (AvgIpc) is 3.01. The zero-order valence-electron chi connectivity index (χ0n) is 12.8. The number of aromatic nitrogens is 2. The van der Waals surface area contributed by atoms with Crippen molar-refractivity contribution in [2.45, 2.75) is 11.4 Å². The molecule has 3 aromatic rings. The van der Waals surface area contributed by atoms with E-state index >= 15 is 0 Å². The Morgan fingerprint density at radius 2 is 1.88 bits per heavy atom. The van der Waals surface area contributed by atoms with Gasteiger partial charge in [0.1, 0.15) is 11.6 Å². The minimum atomic E-state index is -1.08. The molecule has 2 aromatic carbocycles. The molecule has 1 heterocycles. The van der Waals surface area contributed by atoms with Crippen LogP contribution in [-0.4, -0.2) is 20.7 Å². The Morgan fingerprint density at radius 3 is 2.58 bits per heavy atom. The van der Waals surface area contributed by atoms with Gasteiger partial charge in [-0.1, -0.05) is 12.1 Å². The first kappa shape index (κ1) is 16.3. The zero-order chi connectivity index (χ0) is 17.1. The van der Waals surface area contributed by atoms with Crippen molar-refractivity contribution in [1.82, 2.24) is 10.2 Å². The number of aromatic amines is 1. The third-order valence-corrected chi connectivity index (χ3v) is 4.50. The van der Waals surface area contributed by atoms with E-state index in [1.807, 2.05) is 6.07 Å². The SMILES string of the molecule is C[S@@](=O)c1cccc(NCc2cn[nH]c2-c2c(F)cccc2F)c1. The number of hydrogen-bond acceptors (Lipinski definition) is 3. The number of nitrogens with one attached hydrogen (secondary N) is 2. The summed E-state index contributed by atoms with van der Waals surface area (Å²) in [6, 6.07) is 10.9. The molecule has 0 amide bonds. The molecule has 0 aliphatic rings. The van der Waals surface area contributed by atoms with E-state index in [0.29, 0.717) is 22.7 Å². The molecule has 1 atom stereocenters. The van der Waals surface area contributed by atoms with Crippen LogP contribution in [0.3, 0.4) is 0 Å². The topological polar surface area (TPSA) is 57.8 Å². The highest BCUT2D eigenvalue weighted by Crippen LogP contribution is 2.27. The fourth-order valence-electron chi connectivity index (χ4n) is 2.38. The summed E-state index contributed by atoms with van der Waals surface area (Å²) in [6.45, 7) is 0.319. The van der Waals surface area contributed by atoms with E-state index in [1.54, 1.807) is 24.5 Å². The Morgan fingerprint density at radius 1 is 1.17 bits per heavy atom. The molecule has 2 N–H and O–H groups in total. The van der Waals surface area contributed by atoms with Gasteiger partial charge in [0.25, 0.3) is 0 Å². The van der Waals surface area contributed by atoms with E-state index < -0.39 is 22.4 Å². The van der Waals surface area contributed by atoms with Gasteiger partial charge in [0.15, 0.2) is 0 Å². The Kier molecular flexibility index (Phi) is 4.71. The summed E-state index contributed by atoms with van der Waals surface area (Å²) in [5, 5.41) is 9.69. The van der Waals surface area contributed by atoms with Crippen molar-refractivity contribution in [3.05, 3.63) is 65.9 Å². The van der Waals surface area contributed by atoms with Gasteiger partial charge in [-0.15, -0.1) is 0 Å². The Bertz CT molecular complexity index is 875. The van der Waals surface area contributed by atoms with Crippen molar-refractivity contribution < 1.29 is 13.0 Å². The Labute approximate surface area is 140 Å². The van der Waals surface area contributed by atoms with Gasteiger partial charge in [0.2, 0.25) is 0 Å². The molecule has 0 saturated carbocycles. The van der Waals surface area contributed by atoms with Crippen LogP contribution < -0.4 is 5.32 Å². The first-order valence-corrected chi connectivity index (χ1v) is 8.76. The largest absolute Gasteiger partial charge is 0.381 e. The lowest BCUT2D eigenvalue weighted by molar-refractivity contribution is 0.588. The maximum atomic E-state index is 14.0. The number of anilines is 1. The molecule has 0 radical (unpaired) electrons. The number of hydrogen-bond donors (Lipinski definition) is 2. The van der Waals surface area contributed by atoms with Gasteiger partial charge in [-0.25, -0.2) is 8.78 Å². The van der Waals surface area contributed by atoms with Crippen LogP contribution in [0.25, 0.3) is 11.3 Å². The summed E-state index contributed by atoms with van der Waals surface area (Å²) in [7, 11) is -1.08. The molecule has 0 unspecified atom stereocenters. The zero-order valence-corrected chi connectivity index (χ0v) is 13.7. The third-order valence-electron chi connectivity index (χ3n) is 3.58. The van der Waals surface area contributed by atoms with Crippen LogP contribution in [0.15, 0.2) is 53.6 Å². The van der Waals surface area contributed by atoms with Gasteiger partial charge in [-0.05, 0) is 30.3 Å². The Hall–Kier alpha value is -2.54. The molecule has 0 fully saturated rings. The normalized spacial score (nSPS) is 12.1. The number of halogens is 2. The van der Waals surface area contributed by atoms with Crippen molar-refractivity contribution in [2.24, 2.45) is 0 Å². The van der Waals surface area contributed by atoms with E-state index in [1.165, 1.54) is 24.4 Å². The predicted molar refractivity (Wildman–Crippen MR) is 90.0 cm³/mol. The van der Waals surface area contributed by atoms with E-state index in [9.17, 15) is 13.0 Å². The maximum absolute atomic E-state index is 14.0. The molecule has 0 aliphatic carbocycles. The van der Waals surface area contributed by atoms with Crippen LogP contribution in [0.4, 0.5) is 14.5 Å². The van der Waals surface area contributed by atoms with Crippen LogP contribution in [0.5, 0.6) is 0 Å². The van der Waals surface area contributed by atoms with Gasteiger partial charge in [0, 0.05) is 39.7 Å². The standard InChI is InChI=1S/C17H15F2N3OS/c1-24(23)13-5-2-4-12(8-13)20-9-11-10-21-22-17(11)16-14(18)6-3-7-15(16)19/h2-8,10,20H,9H2,1H3,(H,21,22)/t24-/m1/s1. The first-order chi connectivity index (χ1) is 11.6. The first-order valence-electron chi connectivity index (χ1n) is 7.20. The molecule has 7 heteroatoms. The second kappa shape index (κ2) is 6.92. The van der Waals surface area contributed by atoms with Crippen molar-refractivity contribution >= 4 is 16.5 Å². The van der Waals surface area contributed by atoms with Crippen LogP contribution >= 0.6 is 0 Å². The number of nitrogens with zero attached hydrogens (tertiary/aromatic N) is 1. The molecule has 0 spiro atoms. The van der Waals surface area contributed by atoms with Crippen molar-refractivity contribution in [2.75, 3.05) is 11.6 Å². The number of H-pyrrole nitrogens is 1. The molecule has 4 nitrogen and oxygen atoms in total. The van der Waals surface area contributed by atoms with Crippen molar-refractivity contribution in [3.8, 4) is 11.3 Å². The molecular weight excluding hydrogens is 332 g/mol. The van der Waals surface area contributed by atoms with Gasteiger partial charge >= 0.3 is 0 Å². The molecular formula is C17H15F2N3OS. The molecule has 3 rings (SSSR count). The van der Waals surface area contributed by atoms with Gasteiger partial charge in [-0.3, -0.25) is 9.31 Å². The Balaban J connectivity index is 1.84. The molecule has 124 valence electrons. The van der Waals surface area contributed by atoms with Gasteiger partial charge in [0.05, 0.1) is 17.5 Å². The second-order valence-electron chi connectivity index (χ2n) is 5.20. The highest BCUT2D eigenvalue weighted by atomic mass is 32.2. The highest BCUT2D eigenvalue weighted by Gasteiger charge is 2.16. The summed E-state index contributed by atoms with van der Waals surface area (Å²) in [6.07, 6.45) is 3.13. The fourth-order valence-corrected chi connectivity index (χ4v) is 2.94. The van der Waals surface area contributed by atoms with E-state index in [-0.39, 0.29) is 5.56 Å². The third kappa shape index (κ3) is 3.35. The van der Waals surface area contributed by atoms with Crippen molar-refractivity contribution in [1.29, 1.82) is 0 Å². The van der Waals surface area contributed by atoms with E-state index in [2.05, 4.69) is 15.5 Å². The summed E-state index contributed by atoms with van der Waals surface area (Å²) in [5.74, 6) is -1.30. The van der Waals surface area contributed by atoms with Crippen LogP contribution in [0.2, 0.25) is 0 Å². The van der Waals surface area contributed by atoms with E-state index in [4.69, 9.17) is 0 Å². The van der Waals surface area contributed by atoms with Gasteiger partial charge < -0.3 is 5.32 Å². The van der Waals surface area contributed by atoms with Gasteiger partial charge in [-0.2, -0.15) is 5.10 Å². The van der Waals surface area contributed by atoms with E-state index in [0.717, 1.165) is 5.69 Å². The number of benzene rings is 2. The molecule has 1 aromatic heterocycles. The van der Waals surface area contributed by atoms with Crippen molar-refractivity contribution in [3.63, 3.8) is 0 Å². The summed E-state index contributed by atoms with van der Waals surface area (Å²) in [5.41, 5.74) is 1.56. The second-order valence-corrected chi connectivity index (χ2v) is 6.58. The van der Waals surface area contributed by atoms with Crippen LogP contribution in [0, 0.1) is 11.6 Å².